The highest BCUT2D eigenvalue weighted by molar-refractivity contribution is 6.11. The van der Waals surface area contributed by atoms with Crippen molar-refractivity contribution in [1.29, 1.82) is 0 Å². The third kappa shape index (κ3) is 3.22. The number of pyridine rings is 1. The fourth-order valence-electron chi connectivity index (χ4n) is 1.89. The molecule has 0 amide bonds. The molecule has 4 heteroatoms. The summed E-state index contributed by atoms with van der Waals surface area (Å²) in [6.45, 7) is 2.77. The number of benzene rings is 1. The van der Waals surface area contributed by atoms with E-state index in [1.165, 1.54) is 0 Å². The molecule has 104 valence electrons. The zero-order chi connectivity index (χ0) is 14.4. The molecule has 2 aromatic rings. The second-order valence-electron chi connectivity index (χ2n) is 4.36. The van der Waals surface area contributed by atoms with E-state index in [9.17, 15) is 4.79 Å². The Morgan fingerprint density at radius 2 is 1.95 bits per heavy atom. The van der Waals surface area contributed by atoms with E-state index in [1.807, 2.05) is 19.1 Å². The van der Waals surface area contributed by atoms with Crippen LogP contribution in [0.4, 0.5) is 0 Å². The monoisotopic (exact) mass is 271 g/mol. The summed E-state index contributed by atoms with van der Waals surface area (Å²) >= 11 is 0. The van der Waals surface area contributed by atoms with Crippen LogP contribution in [0, 0.1) is 6.92 Å². The van der Waals surface area contributed by atoms with Gasteiger partial charge in [-0.1, -0.05) is 12.1 Å². The Morgan fingerprint density at radius 1 is 1.15 bits per heavy atom. The summed E-state index contributed by atoms with van der Waals surface area (Å²) in [5.41, 5.74) is 2.05. The van der Waals surface area contributed by atoms with Crippen LogP contribution in [-0.2, 0) is 4.74 Å². The first-order valence-corrected chi connectivity index (χ1v) is 6.40. The lowest BCUT2D eigenvalue weighted by Crippen LogP contribution is -2.10. The molecule has 0 atom stereocenters. The first-order chi connectivity index (χ1) is 9.74. The number of aryl methyl sites for hydroxylation is 1. The van der Waals surface area contributed by atoms with E-state index >= 15 is 0 Å². The van der Waals surface area contributed by atoms with Gasteiger partial charge in [0.2, 0.25) is 0 Å². The van der Waals surface area contributed by atoms with Gasteiger partial charge >= 0.3 is 0 Å². The Labute approximate surface area is 118 Å². The standard InChI is InChI=1S/C16H17NO3/c1-12-11-17-8-7-13(12)16(18)14-5-3-4-6-15(14)20-10-9-19-2/h3-8,11H,9-10H2,1-2H3. The van der Waals surface area contributed by atoms with E-state index in [2.05, 4.69) is 4.98 Å². The molecule has 4 nitrogen and oxygen atoms in total. The molecule has 1 heterocycles. The van der Waals surface area contributed by atoms with E-state index in [4.69, 9.17) is 9.47 Å². The van der Waals surface area contributed by atoms with Gasteiger partial charge in [-0.15, -0.1) is 0 Å². The number of hydrogen-bond donors (Lipinski definition) is 0. The predicted octanol–water partition coefficient (Wildman–Crippen LogP) is 2.65. The number of para-hydroxylation sites is 1. The fourth-order valence-corrected chi connectivity index (χ4v) is 1.89. The van der Waals surface area contributed by atoms with Crippen molar-refractivity contribution in [3.63, 3.8) is 0 Å². The number of carbonyl (C=O) groups is 1. The van der Waals surface area contributed by atoms with Gasteiger partial charge in [0.15, 0.2) is 5.78 Å². The minimum Gasteiger partial charge on any atom is -0.490 e. The summed E-state index contributed by atoms with van der Waals surface area (Å²) in [5.74, 6) is 0.517. The summed E-state index contributed by atoms with van der Waals surface area (Å²) in [5, 5.41) is 0. The minimum absolute atomic E-state index is 0.0575. The summed E-state index contributed by atoms with van der Waals surface area (Å²) in [6.07, 6.45) is 3.30. The zero-order valence-corrected chi connectivity index (χ0v) is 11.6. The number of ether oxygens (including phenoxy) is 2. The lowest BCUT2D eigenvalue weighted by molar-refractivity contribution is 0.103. The van der Waals surface area contributed by atoms with Crippen molar-refractivity contribution in [2.75, 3.05) is 20.3 Å². The molecule has 0 N–H and O–H groups in total. The van der Waals surface area contributed by atoms with Crippen molar-refractivity contribution < 1.29 is 14.3 Å². The van der Waals surface area contributed by atoms with Crippen molar-refractivity contribution in [2.45, 2.75) is 6.92 Å². The summed E-state index contributed by atoms with van der Waals surface area (Å²) in [7, 11) is 1.61. The predicted molar refractivity (Wildman–Crippen MR) is 76.2 cm³/mol. The van der Waals surface area contributed by atoms with Gasteiger partial charge in [0, 0.05) is 25.1 Å². The molecule has 2 rings (SSSR count). The summed E-state index contributed by atoms with van der Waals surface area (Å²) < 4.78 is 10.5. The minimum atomic E-state index is -0.0575. The molecule has 0 unspecified atom stereocenters. The third-order valence-electron chi connectivity index (χ3n) is 2.94. The Morgan fingerprint density at radius 3 is 2.70 bits per heavy atom. The molecule has 0 bridgehead atoms. The Bertz CT molecular complexity index is 596. The topological polar surface area (TPSA) is 48.4 Å². The van der Waals surface area contributed by atoms with Crippen LogP contribution < -0.4 is 4.74 Å². The van der Waals surface area contributed by atoms with Crippen LogP contribution in [-0.4, -0.2) is 31.1 Å². The largest absolute Gasteiger partial charge is 0.490 e. The molecular formula is C16H17NO3. The zero-order valence-electron chi connectivity index (χ0n) is 11.6. The van der Waals surface area contributed by atoms with E-state index in [1.54, 1.807) is 37.7 Å². The van der Waals surface area contributed by atoms with Crippen LogP contribution in [0.3, 0.4) is 0 Å². The molecule has 0 aliphatic heterocycles. The van der Waals surface area contributed by atoms with Crippen LogP contribution in [0.15, 0.2) is 42.7 Å². The lowest BCUT2D eigenvalue weighted by atomic mass is 10.0. The van der Waals surface area contributed by atoms with Crippen LogP contribution in [0.1, 0.15) is 21.5 Å². The molecule has 20 heavy (non-hydrogen) atoms. The highest BCUT2D eigenvalue weighted by Gasteiger charge is 2.16. The molecule has 1 aromatic carbocycles. The van der Waals surface area contributed by atoms with Gasteiger partial charge < -0.3 is 9.47 Å². The van der Waals surface area contributed by atoms with Crippen molar-refractivity contribution >= 4 is 5.78 Å². The smallest absolute Gasteiger partial charge is 0.197 e. The Balaban J connectivity index is 2.28. The van der Waals surface area contributed by atoms with E-state index < -0.39 is 0 Å². The average Bonchev–Trinajstić information content (AvgIpc) is 2.48. The maximum absolute atomic E-state index is 12.6. The lowest BCUT2D eigenvalue weighted by Gasteiger charge is -2.11. The number of nitrogens with zero attached hydrogens (tertiary/aromatic N) is 1. The molecule has 0 fully saturated rings. The molecule has 0 saturated heterocycles. The van der Waals surface area contributed by atoms with Crippen molar-refractivity contribution in [3.05, 3.63) is 59.4 Å². The van der Waals surface area contributed by atoms with Gasteiger partial charge in [-0.25, -0.2) is 0 Å². The number of carbonyl (C=O) groups excluding carboxylic acids is 1. The van der Waals surface area contributed by atoms with Crippen LogP contribution in [0.2, 0.25) is 0 Å². The second kappa shape index (κ2) is 6.82. The highest BCUT2D eigenvalue weighted by Crippen LogP contribution is 2.22. The molecule has 0 radical (unpaired) electrons. The third-order valence-corrected chi connectivity index (χ3v) is 2.94. The van der Waals surface area contributed by atoms with Crippen LogP contribution in [0.25, 0.3) is 0 Å². The van der Waals surface area contributed by atoms with Gasteiger partial charge in [0.1, 0.15) is 12.4 Å². The normalized spacial score (nSPS) is 10.3. The van der Waals surface area contributed by atoms with Gasteiger partial charge in [-0.05, 0) is 30.7 Å². The maximum atomic E-state index is 12.6. The number of methoxy groups -OCH3 is 1. The highest BCUT2D eigenvalue weighted by atomic mass is 16.5. The fraction of sp³-hybridized carbons (Fsp3) is 0.250. The maximum Gasteiger partial charge on any atom is 0.197 e. The molecule has 0 saturated carbocycles. The molecule has 0 aliphatic carbocycles. The number of aromatic nitrogens is 1. The number of hydrogen-bond acceptors (Lipinski definition) is 4. The van der Waals surface area contributed by atoms with Crippen LogP contribution in [0.5, 0.6) is 5.75 Å². The van der Waals surface area contributed by atoms with Gasteiger partial charge in [0.25, 0.3) is 0 Å². The Hall–Kier alpha value is -2.20. The van der Waals surface area contributed by atoms with E-state index in [0.29, 0.717) is 30.1 Å². The number of rotatable bonds is 6. The SMILES string of the molecule is COCCOc1ccccc1C(=O)c1ccncc1C. The second-order valence-corrected chi connectivity index (χ2v) is 4.36. The van der Waals surface area contributed by atoms with Gasteiger partial charge in [-0.3, -0.25) is 9.78 Å². The quantitative estimate of drug-likeness (QED) is 0.598. The first kappa shape index (κ1) is 14.2. The summed E-state index contributed by atoms with van der Waals surface area (Å²) in [6, 6.07) is 8.96. The van der Waals surface area contributed by atoms with Crippen molar-refractivity contribution in [2.24, 2.45) is 0 Å². The summed E-state index contributed by atoms with van der Waals surface area (Å²) in [4.78, 5) is 16.6. The van der Waals surface area contributed by atoms with Crippen molar-refractivity contribution in [3.8, 4) is 5.75 Å². The molecule has 1 aromatic heterocycles. The molecule has 0 aliphatic rings. The first-order valence-electron chi connectivity index (χ1n) is 6.40. The molecular weight excluding hydrogens is 254 g/mol. The van der Waals surface area contributed by atoms with E-state index in [-0.39, 0.29) is 5.78 Å². The van der Waals surface area contributed by atoms with Crippen LogP contribution >= 0.6 is 0 Å². The number of ketones is 1. The molecule has 0 spiro atoms. The van der Waals surface area contributed by atoms with Crippen molar-refractivity contribution in [1.82, 2.24) is 4.98 Å². The van der Waals surface area contributed by atoms with Gasteiger partial charge in [-0.2, -0.15) is 0 Å². The average molecular weight is 271 g/mol. The van der Waals surface area contributed by atoms with Gasteiger partial charge in [0.05, 0.1) is 12.2 Å². The van der Waals surface area contributed by atoms with E-state index in [0.717, 1.165) is 5.56 Å². The Kier molecular flexibility index (Phi) is 4.85.